The molecule has 0 unspecified atom stereocenters. The van der Waals surface area contributed by atoms with Gasteiger partial charge in [-0.25, -0.2) is 0 Å². The minimum atomic E-state index is -0.979. The van der Waals surface area contributed by atoms with Crippen molar-refractivity contribution in [3.8, 4) is 0 Å². The van der Waals surface area contributed by atoms with Gasteiger partial charge in [0.1, 0.15) is 0 Å². The van der Waals surface area contributed by atoms with Crippen LogP contribution in [-0.4, -0.2) is 22.7 Å². The number of hydrogen-bond donors (Lipinski definition) is 0. The van der Waals surface area contributed by atoms with Gasteiger partial charge >= 0.3 is 0 Å². The van der Waals surface area contributed by atoms with Crippen molar-refractivity contribution in [3.63, 3.8) is 0 Å². The number of ketones is 2. The molecule has 0 aliphatic heterocycles. The lowest BCUT2D eigenvalue weighted by atomic mass is 10.1. The number of Topliss-reactive ketones (excluding diaryl/α,β-unsaturated/α-hetero) is 2. The Labute approximate surface area is 83.5 Å². The molecular formula is C9H14O3S. The molecule has 0 rings (SSSR count). The minimum absolute atomic E-state index is 0.212. The maximum Gasteiger partial charge on any atom is 0.215 e. The molecule has 0 fully saturated rings. The van der Waals surface area contributed by atoms with Crippen LogP contribution in [0.3, 0.4) is 0 Å². The van der Waals surface area contributed by atoms with E-state index in [9.17, 15) is 9.59 Å². The number of carbonyl (C=O) groups is 2. The average molecular weight is 202 g/mol. The van der Waals surface area contributed by atoms with Crippen LogP contribution in [0, 0.1) is 0 Å². The van der Waals surface area contributed by atoms with Gasteiger partial charge in [0.25, 0.3) is 0 Å². The monoisotopic (exact) mass is 202 g/mol. The van der Waals surface area contributed by atoms with E-state index in [1.807, 2.05) is 0 Å². The number of thiocarbonyl (C=S) groups is 1. The molecule has 0 aromatic rings. The van der Waals surface area contributed by atoms with Crippen LogP contribution >= 0.6 is 12.2 Å². The summed E-state index contributed by atoms with van der Waals surface area (Å²) >= 11 is 4.68. The molecule has 13 heavy (non-hydrogen) atoms. The summed E-state index contributed by atoms with van der Waals surface area (Å²) in [7, 11) is 0. The summed E-state index contributed by atoms with van der Waals surface area (Å²) in [6, 6.07) is 0. The Balaban J connectivity index is 4.45. The molecule has 0 N–H and O–H groups in total. The van der Waals surface area contributed by atoms with Gasteiger partial charge in [-0.15, -0.1) is 0 Å². The molecule has 0 spiro atoms. The predicted molar refractivity (Wildman–Crippen MR) is 53.7 cm³/mol. The first-order chi connectivity index (χ1) is 6.02. The van der Waals surface area contributed by atoms with Gasteiger partial charge in [-0.3, -0.25) is 9.59 Å². The highest BCUT2D eigenvalue weighted by Crippen LogP contribution is 2.03. The van der Waals surface area contributed by atoms with Crippen LogP contribution in [0.2, 0.25) is 0 Å². The molecule has 0 radical (unpaired) electrons. The van der Waals surface area contributed by atoms with Crippen LogP contribution in [0.1, 0.15) is 33.6 Å². The van der Waals surface area contributed by atoms with E-state index < -0.39 is 6.10 Å². The second-order valence-electron chi connectivity index (χ2n) is 2.63. The normalized spacial score (nSPS) is 9.85. The zero-order valence-corrected chi connectivity index (χ0v) is 8.94. The molecule has 0 aromatic heterocycles. The first-order valence-corrected chi connectivity index (χ1v) is 4.66. The quantitative estimate of drug-likeness (QED) is 0.502. The van der Waals surface area contributed by atoms with Gasteiger partial charge in [0.15, 0.2) is 16.6 Å². The summed E-state index contributed by atoms with van der Waals surface area (Å²) in [6.45, 7) is 4.94. The van der Waals surface area contributed by atoms with E-state index in [1.165, 1.54) is 0 Å². The fourth-order valence-corrected chi connectivity index (χ4v) is 0.944. The van der Waals surface area contributed by atoms with Crippen molar-refractivity contribution in [1.82, 2.24) is 0 Å². The van der Waals surface area contributed by atoms with Crippen LogP contribution in [0.5, 0.6) is 0 Å². The molecule has 0 bridgehead atoms. The summed E-state index contributed by atoms with van der Waals surface area (Å²) in [5.41, 5.74) is 0. The predicted octanol–water partition coefficient (Wildman–Crippen LogP) is 1.68. The molecule has 0 atom stereocenters. The second-order valence-corrected chi connectivity index (χ2v) is 3.20. The maximum absolute atomic E-state index is 11.2. The summed E-state index contributed by atoms with van der Waals surface area (Å²) in [5, 5.41) is 0.230. The Hall–Kier alpha value is -0.770. The lowest BCUT2D eigenvalue weighted by Crippen LogP contribution is -2.33. The van der Waals surface area contributed by atoms with Gasteiger partial charge in [-0.05, 0) is 12.2 Å². The van der Waals surface area contributed by atoms with Crippen LogP contribution < -0.4 is 0 Å². The van der Waals surface area contributed by atoms with Crippen LogP contribution in [0.4, 0.5) is 0 Å². The fourth-order valence-electron chi connectivity index (χ4n) is 0.848. The van der Waals surface area contributed by atoms with Gasteiger partial charge in [-0.1, -0.05) is 13.8 Å². The average Bonchev–Trinajstić information content (AvgIpc) is 2.11. The van der Waals surface area contributed by atoms with Crippen LogP contribution in [-0.2, 0) is 14.3 Å². The van der Waals surface area contributed by atoms with Crippen molar-refractivity contribution >= 4 is 28.8 Å². The third kappa shape index (κ3) is 4.12. The molecule has 4 heteroatoms. The number of rotatable bonds is 5. The van der Waals surface area contributed by atoms with Gasteiger partial charge in [0.2, 0.25) is 6.10 Å². The second kappa shape index (κ2) is 5.80. The standard InChI is InChI=1S/C9H14O3S/c1-4-7(10)9(8(11)5-2)12-6(3)13/h9H,4-5H2,1-3H3. The van der Waals surface area contributed by atoms with Gasteiger partial charge in [0, 0.05) is 19.8 Å². The SMILES string of the molecule is CCC(=O)C(OC(C)=S)C(=O)CC. The molecule has 0 amide bonds. The zero-order chi connectivity index (χ0) is 10.4. The van der Waals surface area contributed by atoms with E-state index in [2.05, 4.69) is 12.2 Å². The minimum Gasteiger partial charge on any atom is -0.469 e. The summed E-state index contributed by atoms with van der Waals surface area (Å²) in [5.74, 6) is -0.424. The van der Waals surface area contributed by atoms with Crippen molar-refractivity contribution in [3.05, 3.63) is 0 Å². The van der Waals surface area contributed by atoms with E-state index in [-0.39, 0.29) is 16.6 Å². The van der Waals surface area contributed by atoms with Crippen LogP contribution in [0.25, 0.3) is 0 Å². The first kappa shape index (κ1) is 12.2. The molecule has 0 saturated heterocycles. The zero-order valence-electron chi connectivity index (χ0n) is 8.12. The molecule has 74 valence electrons. The van der Waals surface area contributed by atoms with Gasteiger partial charge in [0.05, 0.1) is 0 Å². The number of ether oxygens (including phenoxy) is 1. The molecule has 3 nitrogen and oxygen atoms in total. The molecule has 0 aliphatic rings. The third-order valence-electron chi connectivity index (χ3n) is 1.57. The summed E-state index contributed by atoms with van der Waals surface area (Å²) in [4.78, 5) is 22.5. The highest BCUT2D eigenvalue weighted by molar-refractivity contribution is 7.80. The topological polar surface area (TPSA) is 43.4 Å². The number of carbonyl (C=O) groups excluding carboxylic acids is 2. The Morgan fingerprint density at radius 1 is 1.23 bits per heavy atom. The lowest BCUT2D eigenvalue weighted by Gasteiger charge is -2.13. The van der Waals surface area contributed by atoms with Crippen molar-refractivity contribution in [2.45, 2.75) is 39.7 Å². The van der Waals surface area contributed by atoms with Gasteiger partial charge < -0.3 is 4.74 Å². The summed E-state index contributed by atoms with van der Waals surface area (Å²) < 4.78 is 4.99. The van der Waals surface area contributed by atoms with E-state index in [0.717, 1.165) is 0 Å². The Morgan fingerprint density at radius 3 is 1.85 bits per heavy atom. The van der Waals surface area contributed by atoms with Gasteiger partial charge in [-0.2, -0.15) is 0 Å². The molecule has 0 saturated carbocycles. The van der Waals surface area contributed by atoms with E-state index in [0.29, 0.717) is 12.8 Å². The maximum atomic E-state index is 11.2. The lowest BCUT2D eigenvalue weighted by molar-refractivity contribution is -0.137. The first-order valence-electron chi connectivity index (χ1n) is 4.25. The Kier molecular flexibility index (Phi) is 5.46. The summed E-state index contributed by atoms with van der Waals surface area (Å²) in [6.07, 6.45) is -0.398. The Bertz CT molecular complexity index is 207. The van der Waals surface area contributed by atoms with Crippen molar-refractivity contribution in [2.75, 3.05) is 0 Å². The molecular weight excluding hydrogens is 188 g/mol. The number of hydrogen-bond acceptors (Lipinski definition) is 4. The Morgan fingerprint density at radius 2 is 1.62 bits per heavy atom. The smallest absolute Gasteiger partial charge is 0.215 e. The van der Waals surface area contributed by atoms with E-state index >= 15 is 0 Å². The third-order valence-corrected chi connectivity index (χ3v) is 1.66. The van der Waals surface area contributed by atoms with E-state index in [4.69, 9.17) is 4.74 Å². The fraction of sp³-hybridized carbons (Fsp3) is 0.667. The highest BCUT2D eigenvalue weighted by Gasteiger charge is 2.25. The molecule has 0 heterocycles. The van der Waals surface area contributed by atoms with Crippen LogP contribution in [0.15, 0.2) is 0 Å². The van der Waals surface area contributed by atoms with E-state index in [1.54, 1.807) is 20.8 Å². The molecule has 0 aliphatic carbocycles. The van der Waals surface area contributed by atoms with Crippen molar-refractivity contribution in [2.24, 2.45) is 0 Å². The van der Waals surface area contributed by atoms with Crippen molar-refractivity contribution in [1.29, 1.82) is 0 Å². The highest BCUT2D eigenvalue weighted by atomic mass is 32.1. The molecule has 0 aromatic carbocycles. The largest absolute Gasteiger partial charge is 0.469 e. The van der Waals surface area contributed by atoms with Crippen molar-refractivity contribution < 1.29 is 14.3 Å².